The predicted molar refractivity (Wildman–Crippen MR) is 251 cm³/mol. The summed E-state index contributed by atoms with van der Waals surface area (Å²) in [6, 6.07) is 19.1. The number of aryl methyl sites for hydroxylation is 1. The first kappa shape index (κ1) is 50.3. The van der Waals surface area contributed by atoms with E-state index in [-0.39, 0.29) is 59.9 Å². The monoisotopic (exact) mass is 905 g/mol. The van der Waals surface area contributed by atoms with Gasteiger partial charge in [0.25, 0.3) is 5.91 Å². The van der Waals surface area contributed by atoms with Gasteiger partial charge in [-0.25, -0.2) is 4.79 Å². The molecule has 0 saturated carbocycles. The summed E-state index contributed by atoms with van der Waals surface area (Å²) in [5.41, 5.74) is 8.50. The normalized spacial score (nSPS) is 16.5. The zero-order valence-electron chi connectivity index (χ0n) is 38.2. The molecule has 5 rings (SSSR count). The van der Waals surface area contributed by atoms with Gasteiger partial charge in [-0.3, -0.25) is 24.0 Å². The van der Waals surface area contributed by atoms with Crippen molar-refractivity contribution in [2.75, 3.05) is 20.1 Å². The lowest BCUT2D eigenvalue weighted by molar-refractivity contribution is -0.368. The second-order valence-electron chi connectivity index (χ2n) is 17.1. The van der Waals surface area contributed by atoms with Crippen molar-refractivity contribution in [1.29, 1.82) is 0 Å². The van der Waals surface area contributed by atoms with Crippen LogP contribution < -0.4 is 27.0 Å². The summed E-state index contributed by atoms with van der Waals surface area (Å²) in [5, 5.41) is 42.3. The van der Waals surface area contributed by atoms with E-state index in [4.69, 9.17) is 0 Å². The number of carbonyl (C=O) groups excluding carboxylic acids is 5. The SMILES string of the molecule is CCCCCCCCCc1ccc(-c2ccc(C(=O)NCCC(=O)N[C@@H](CCC[NH3+])C(=O)N(C)C3C(=O)N[C@@H](C)C(=O)N[C@H](C(=O)O)Cc4ccc(O)c(c4)-c4cc3ccc4O)cc2)cc1. The van der Waals surface area contributed by atoms with Gasteiger partial charge in [0.15, 0.2) is 0 Å². The van der Waals surface area contributed by atoms with E-state index >= 15 is 0 Å². The van der Waals surface area contributed by atoms with Gasteiger partial charge in [-0.1, -0.05) is 94.0 Å². The molecule has 4 bridgehead atoms. The lowest BCUT2D eigenvalue weighted by Gasteiger charge is -2.32. The lowest BCUT2D eigenvalue weighted by atomic mass is 9.93. The molecule has 0 radical (unpaired) electrons. The molecule has 4 aromatic carbocycles. The number of phenolic OH excluding ortho intramolecular Hbond substituents is 2. The highest BCUT2D eigenvalue weighted by molar-refractivity contribution is 5.97. The molecule has 4 atom stereocenters. The number of carboxylic acid groups (broad SMARTS) is 1. The molecule has 0 spiro atoms. The minimum absolute atomic E-state index is 0.0171. The van der Waals surface area contributed by atoms with Gasteiger partial charge in [0.05, 0.1) is 6.54 Å². The second-order valence-corrected chi connectivity index (χ2v) is 17.1. The fraction of sp³-hybridized carbons (Fsp3) is 0.412. The standard InChI is InChI=1S/C51H64N6O9/c1-4-5-6-7-8-9-10-12-33-14-17-35(18-15-33)36-19-21-37(22-20-36)48(62)53-28-26-45(60)55-41(13-11-27-52)50(64)57(3)46-38-23-25-44(59)40(31-38)39-29-34(16-24-43(39)58)30-42(51(65)66)56-47(61)32(2)54-49(46)63/h14-25,29,31-32,41-42,46,58-59H,4-13,26-28,30,52H2,1-3H3,(H,53,62)(H,54,63)(H,55,60)(H,56,61)(H,65,66)/p+1/t32-,41-,42-,46?/m0/s1. The van der Waals surface area contributed by atoms with Crippen LogP contribution in [0.5, 0.6) is 11.5 Å². The minimum Gasteiger partial charge on any atom is -0.507 e. The van der Waals surface area contributed by atoms with Gasteiger partial charge in [0.1, 0.15) is 35.7 Å². The minimum atomic E-state index is -1.43. The van der Waals surface area contributed by atoms with E-state index in [1.54, 1.807) is 12.1 Å². The third-order valence-electron chi connectivity index (χ3n) is 12.0. The van der Waals surface area contributed by atoms with E-state index < -0.39 is 53.8 Å². The number of fused-ring (bicyclic) bond motifs is 5. The molecule has 1 heterocycles. The molecular weight excluding hydrogens is 841 g/mol. The highest BCUT2D eigenvalue weighted by Gasteiger charge is 2.36. The number of likely N-dealkylation sites (N-methyl/N-ethyl adjacent to an activating group) is 1. The summed E-state index contributed by atoms with van der Waals surface area (Å²) < 4.78 is 0. The predicted octanol–water partition coefficient (Wildman–Crippen LogP) is 5.18. The molecule has 1 aliphatic heterocycles. The lowest BCUT2D eigenvalue weighted by Crippen LogP contribution is -2.55. The van der Waals surface area contributed by atoms with E-state index in [0.717, 1.165) is 22.4 Å². The number of phenols is 2. The largest absolute Gasteiger partial charge is 0.507 e. The Hall–Kier alpha value is -6.74. The van der Waals surface area contributed by atoms with E-state index in [1.165, 1.54) is 101 Å². The van der Waals surface area contributed by atoms with Crippen LogP contribution in [0.2, 0.25) is 0 Å². The van der Waals surface area contributed by atoms with Crippen molar-refractivity contribution in [1.82, 2.24) is 26.2 Å². The molecule has 0 aromatic heterocycles. The van der Waals surface area contributed by atoms with Crippen molar-refractivity contribution in [3.63, 3.8) is 0 Å². The smallest absolute Gasteiger partial charge is 0.326 e. The molecule has 5 amide bonds. The number of hydrogen-bond donors (Lipinski definition) is 8. The Labute approximate surface area is 386 Å². The highest BCUT2D eigenvalue weighted by atomic mass is 16.4. The van der Waals surface area contributed by atoms with E-state index in [2.05, 4.69) is 58.2 Å². The summed E-state index contributed by atoms with van der Waals surface area (Å²) >= 11 is 0. The molecule has 15 heteroatoms. The van der Waals surface area contributed by atoms with Gasteiger partial charge >= 0.3 is 5.97 Å². The van der Waals surface area contributed by atoms with Crippen molar-refractivity contribution >= 4 is 35.5 Å². The van der Waals surface area contributed by atoms with Gasteiger partial charge in [-0.05, 0) is 96.8 Å². The molecule has 15 nitrogen and oxygen atoms in total. The number of carbonyl (C=O) groups is 6. The molecule has 0 saturated heterocycles. The Kier molecular flexibility index (Phi) is 18.7. The molecule has 4 aromatic rings. The van der Waals surface area contributed by atoms with Gasteiger partial charge in [0.2, 0.25) is 23.6 Å². The molecule has 10 N–H and O–H groups in total. The fourth-order valence-corrected chi connectivity index (χ4v) is 8.11. The van der Waals surface area contributed by atoms with Crippen molar-refractivity contribution in [3.8, 4) is 33.8 Å². The first-order chi connectivity index (χ1) is 31.7. The summed E-state index contributed by atoms with van der Waals surface area (Å²) in [5.74, 6) is -4.96. The number of carboxylic acids is 1. The zero-order chi connectivity index (χ0) is 47.8. The topological polar surface area (TPSA) is 242 Å². The highest BCUT2D eigenvalue weighted by Crippen LogP contribution is 2.39. The second kappa shape index (κ2) is 24.5. The average molecular weight is 906 g/mol. The van der Waals surface area contributed by atoms with Crippen LogP contribution >= 0.6 is 0 Å². The third kappa shape index (κ3) is 13.9. The van der Waals surface area contributed by atoms with Crippen LogP contribution in [0.3, 0.4) is 0 Å². The van der Waals surface area contributed by atoms with Crippen molar-refractivity contribution in [3.05, 3.63) is 107 Å². The first-order valence-corrected chi connectivity index (χ1v) is 23.0. The van der Waals surface area contributed by atoms with E-state index in [1.807, 2.05) is 12.1 Å². The molecular formula is C51H65N6O9+. The van der Waals surface area contributed by atoms with Gasteiger partial charge in [0, 0.05) is 43.1 Å². The summed E-state index contributed by atoms with van der Waals surface area (Å²) in [6.07, 6.45) is 10.3. The number of nitrogens with one attached hydrogen (secondary N) is 4. The Balaban J connectivity index is 1.24. The van der Waals surface area contributed by atoms with Crippen LogP contribution in [0.1, 0.15) is 111 Å². The molecule has 1 aliphatic rings. The van der Waals surface area contributed by atoms with Crippen LogP contribution in [0.15, 0.2) is 84.9 Å². The number of aromatic hydroxyl groups is 2. The summed E-state index contributed by atoms with van der Waals surface area (Å²) in [4.78, 5) is 81.4. The van der Waals surface area contributed by atoms with Gasteiger partial charge in [-0.15, -0.1) is 0 Å². The van der Waals surface area contributed by atoms with Gasteiger partial charge < -0.3 is 47.2 Å². The number of benzene rings is 4. The van der Waals surface area contributed by atoms with Crippen LogP contribution in [-0.2, 0) is 36.8 Å². The van der Waals surface area contributed by atoms with E-state index in [9.17, 15) is 44.1 Å². The number of hydrogen-bond acceptors (Lipinski definition) is 8. The average Bonchev–Trinajstić information content (AvgIpc) is 3.30. The maximum absolute atomic E-state index is 14.3. The maximum atomic E-state index is 14.3. The molecule has 352 valence electrons. The van der Waals surface area contributed by atoms with Crippen LogP contribution in [0.25, 0.3) is 22.3 Å². The Morgan fingerprint density at radius 1 is 0.788 bits per heavy atom. The molecule has 1 unspecified atom stereocenters. The Morgan fingerprint density at radius 3 is 2.06 bits per heavy atom. The number of quaternary nitrogens is 1. The Bertz CT molecular complexity index is 2320. The summed E-state index contributed by atoms with van der Waals surface area (Å²) in [6.45, 7) is 4.03. The summed E-state index contributed by atoms with van der Waals surface area (Å²) in [7, 11) is 1.37. The van der Waals surface area contributed by atoms with Crippen LogP contribution in [0, 0.1) is 0 Å². The number of rotatable bonds is 20. The Morgan fingerprint density at radius 2 is 1.41 bits per heavy atom. The van der Waals surface area contributed by atoms with Crippen LogP contribution in [-0.4, -0.2) is 94.0 Å². The molecule has 66 heavy (non-hydrogen) atoms. The van der Waals surface area contributed by atoms with E-state index in [0.29, 0.717) is 24.1 Å². The molecule has 0 aliphatic carbocycles. The number of amides is 5. The third-order valence-corrected chi connectivity index (χ3v) is 12.0. The van der Waals surface area contributed by atoms with Crippen molar-refractivity contribution < 1.29 is 49.8 Å². The molecule has 0 fully saturated rings. The quantitative estimate of drug-likeness (QED) is 0.0544. The number of nitrogens with zero attached hydrogens (tertiary/aromatic N) is 1. The first-order valence-electron chi connectivity index (χ1n) is 23.0. The number of aliphatic carboxylic acids is 1. The number of unbranched alkanes of at least 4 members (excludes halogenated alkanes) is 6. The van der Waals surface area contributed by atoms with Gasteiger partial charge in [-0.2, -0.15) is 0 Å². The zero-order valence-corrected chi connectivity index (χ0v) is 38.2. The van der Waals surface area contributed by atoms with Crippen molar-refractivity contribution in [2.24, 2.45) is 0 Å². The maximum Gasteiger partial charge on any atom is 0.326 e. The van der Waals surface area contributed by atoms with Crippen molar-refractivity contribution in [2.45, 2.75) is 115 Å². The van der Waals surface area contributed by atoms with Crippen LogP contribution in [0.4, 0.5) is 0 Å². The fourth-order valence-electron chi connectivity index (χ4n) is 8.11.